The van der Waals surface area contributed by atoms with Gasteiger partial charge in [0.2, 0.25) is 0 Å². The van der Waals surface area contributed by atoms with E-state index in [1.807, 2.05) is 36.4 Å². The fourth-order valence-corrected chi connectivity index (χ4v) is 3.09. The molecule has 0 fully saturated rings. The number of benzene rings is 2. The Morgan fingerprint density at radius 3 is 2.52 bits per heavy atom. The summed E-state index contributed by atoms with van der Waals surface area (Å²) < 4.78 is 5.35. The van der Waals surface area contributed by atoms with E-state index in [0.29, 0.717) is 12.1 Å². The number of methoxy groups -OCH3 is 1. The highest BCUT2D eigenvalue weighted by molar-refractivity contribution is 14.0. The Kier molecular flexibility index (Phi) is 11.4. The number of amides is 1. The van der Waals surface area contributed by atoms with Crippen LogP contribution in [0.2, 0.25) is 0 Å². The van der Waals surface area contributed by atoms with Crippen LogP contribution in [0.3, 0.4) is 0 Å². The van der Waals surface area contributed by atoms with Gasteiger partial charge in [0, 0.05) is 31.1 Å². The van der Waals surface area contributed by atoms with E-state index in [1.54, 1.807) is 14.2 Å². The molecule has 3 N–H and O–H groups in total. The fraction of sp³-hybridized carbons (Fsp3) is 0.417. The third kappa shape index (κ3) is 8.40. The maximum absolute atomic E-state index is 11.8. The van der Waals surface area contributed by atoms with Crippen molar-refractivity contribution in [1.82, 2.24) is 16.0 Å². The van der Waals surface area contributed by atoms with Gasteiger partial charge in [-0.05, 0) is 48.7 Å². The van der Waals surface area contributed by atoms with Crippen molar-refractivity contribution < 1.29 is 9.53 Å². The van der Waals surface area contributed by atoms with Crippen molar-refractivity contribution in [2.24, 2.45) is 4.99 Å². The zero-order chi connectivity index (χ0) is 22.0. The predicted molar refractivity (Wildman–Crippen MR) is 139 cm³/mol. The normalized spacial score (nSPS) is 11.3. The van der Waals surface area contributed by atoms with E-state index in [0.717, 1.165) is 36.8 Å². The first kappa shape index (κ1) is 26.7. The number of ether oxygens (including phenoxy) is 1. The average molecular weight is 538 g/mol. The minimum Gasteiger partial charge on any atom is -0.497 e. The highest BCUT2D eigenvalue weighted by Gasteiger charge is 2.21. The predicted octanol–water partition coefficient (Wildman–Crippen LogP) is 3.75. The quantitative estimate of drug-likeness (QED) is 0.258. The van der Waals surface area contributed by atoms with Gasteiger partial charge in [-0.3, -0.25) is 9.79 Å². The van der Waals surface area contributed by atoms with E-state index in [1.165, 1.54) is 5.56 Å². The summed E-state index contributed by atoms with van der Waals surface area (Å²) in [5, 5.41) is 9.36. The molecule has 31 heavy (non-hydrogen) atoms. The van der Waals surface area contributed by atoms with E-state index >= 15 is 0 Å². The van der Waals surface area contributed by atoms with Crippen molar-refractivity contribution in [2.45, 2.75) is 32.6 Å². The van der Waals surface area contributed by atoms with Crippen molar-refractivity contribution in [3.63, 3.8) is 0 Å². The van der Waals surface area contributed by atoms with Gasteiger partial charge in [-0.25, -0.2) is 0 Å². The summed E-state index contributed by atoms with van der Waals surface area (Å²) in [5.74, 6) is 1.57. The smallest absolute Gasteiger partial charge is 0.251 e. The standard InChI is InChI=1S/C24H34N4O2.HI/c1-6-26-23(27-14-13-18-9-7-10-19(15-18)22(29)25-4)28-17-24(2,3)20-11-8-12-21(16-20)30-5;/h7-12,15-16H,6,13-14,17H2,1-5H3,(H,25,29)(H2,26,27,28);1H. The topological polar surface area (TPSA) is 74.8 Å². The fourth-order valence-electron chi connectivity index (χ4n) is 3.09. The Morgan fingerprint density at radius 1 is 1.10 bits per heavy atom. The number of halogens is 1. The third-order valence-corrected chi connectivity index (χ3v) is 4.95. The Morgan fingerprint density at radius 2 is 1.84 bits per heavy atom. The summed E-state index contributed by atoms with van der Waals surface area (Å²) in [6.45, 7) is 8.57. The summed E-state index contributed by atoms with van der Waals surface area (Å²) >= 11 is 0. The molecular weight excluding hydrogens is 503 g/mol. The Bertz CT molecular complexity index is 868. The van der Waals surface area contributed by atoms with Crippen molar-refractivity contribution in [3.8, 4) is 5.75 Å². The van der Waals surface area contributed by atoms with Gasteiger partial charge in [-0.15, -0.1) is 24.0 Å². The van der Waals surface area contributed by atoms with Crippen molar-refractivity contribution in [1.29, 1.82) is 0 Å². The molecule has 0 atom stereocenters. The van der Waals surface area contributed by atoms with Crippen molar-refractivity contribution >= 4 is 35.8 Å². The van der Waals surface area contributed by atoms with Gasteiger partial charge in [0.1, 0.15) is 5.75 Å². The number of nitrogens with zero attached hydrogens (tertiary/aromatic N) is 1. The van der Waals surface area contributed by atoms with E-state index in [4.69, 9.17) is 9.73 Å². The molecule has 0 radical (unpaired) electrons. The number of aliphatic imine (C=N–C) groups is 1. The lowest BCUT2D eigenvalue weighted by atomic mass is 9.85. The lowest BCUT2D eigenvalue weighted by Crippen LogP contribution is -2.39. The van der Waals surface area contributed by atoms with Crippen molar-refractivity contribution in [2.75, 3.05) is 33.8 Å². The molecule has 0 aromatic heterocycles. The molecule has 0 spiro atoms. The zero-order valence-electron chi connectivity index (χ0n) is 19.1. The van der Waals surface area contributed by atoms with Crippen LogP contribution >= 0.6 is 24.0 Å². The third-order valence-electron chi connectivity index (χ3n) is 4.95. The first-order chi connectivity index (χ1) is 14.4. The Labute approximate surface area is 203 Å². The van der Waals surface area contributed by atoms with E-state index in [9.17, 15) is 4.79 Å². The molecule has 0 aliphatic rings. The van der Waals surface area contributed by atoms with Gasteiger partial charge in [0.15, 0.2) is 5.96 Å². The molecule has 170 valence electrons. The largest absolute Gasteiger partial charge is 0.497 e. The maximum atomic E-state index is 11.8. The molecule has 6 nitrogen and oxygen atoms in total. The van der Waals surface area contributed by atoms with E-state index in [2.05, 4.69) is 48.9 Å². The van der Waals surface area contributed by atoms with Crippen LogP contribution in [0.15, 0.2) is 53.5 Å². The van der Waals surface area contributed by atoms with Crippen LogP contribution in [0.25, 0.3) is 0 Å². The highest BCUT2D eigenvalue weighted by atomic mass is 127. The summed E-state index contributed by atoms with van der Waals surface area (Å²) in [4.78, 5) is 16.6. The Hall–Kier alpha value is -2.29. The number of guanidine groups is 1. The van der Waals surface area contributed by atoms with Crippen LogP contribution in [0.1, 0.15) is 42.3 Å². The first-order valence-electron chi connectivity index (χ1n) is 10.4. The molecule has 0 unspecified atom stereocenters. The second-order valence-corrected chi connectivity index (χ2v) is 7.77. The lowest BCUT2D eigenvalue weighted by Gasteiger charge is -2.24. The van der Waals surface area contributed by atoms with Crippen LogP contribution in [0.5, 0.6) is 5.75 Å². The summed E-state index contributed by atoms with van der Waals surface area (Å²) in [6, 6.07) is 15.8. The molecule has 0 saturated carbocycles. The summed E-state index contributed by atoms with van der Waals surface area (Å²) in [5.41, 5.74) is 2.85. The first-order valence-corrected chi connectivity index (χ1v) is 10.4. The second-order valence-electron chi connectivity index (χ2n) is 7.77. The van der Waals surface area contributed by atoms with Gasteiger partial charge >= 0.3 is 0 Å². The molecule has 0 heterocycles. The molecule has 0 aliphatic heterocycles. The molecule has 2 aromatic rings. The number of carbonyl (C=O) groups is 1. The summed E-state index contributed by atoms with van der Waals surface area (Å²) in [6.07, 6.45) is 0.800. The summed E-state index contributed by atoms with van der Waals surface area (Å²) in [7, 11) is 3.32. The molecule has 1 amide bonds. The van der Waals surface area contributed by atoms with Crippen LogP contribution in [-0.4, -0.2) is 45.7 Å². The van der Waals surface area contributed by atoms with E-state index < -0.39 is 0 Å². The van der Waals surface area contributed by atoms with E-state index in [-0.39, 0.29) is 35.3 Å². The molecule has 0 saturated heterocycles. The minimum atomic E-state index is -0.126. The SMILES string of the molecule is CCNC(=NCC(C)(C)c1cccc(OC)c1)NCCc1cccc(C(=O)NC)c1.I. The second kappa shape index (κ2) is 13.2. The average Bonchev–Trinajstić information content (AvgIpc) is 2.77. The molecule has 2 rings (SSSR count). The van der Waals surface area contributed by atoms with Crippen LogP contribution < -0.4 is 20.7 Å². The van der Waals surface area contributed by atoms with Crippen LogP contribution in [0.4, 0.5) is 0 Å². The van der Waals surface area contributed by atoms with Gasteiger partial charge in [-0.1, -0.05) is 38.1 Å². The van der Waals surface area contributed by atoms with Gasteiger partial charge in [-0.2, -0.15) is 0 Å². The van der Waals surface area contributed by atoms with Crippen LogP contribution in [0, 0.1) is 0 Å². The lowest BCUT2D eigenvalue weighted by molar-refractivity contribution is 0.0963. The van der Waals surface area contributed by atoms with Gasteiger partial charge < -0.3 is 20.7 Å². The Balaban J connectivity index is 0.00000480. The molecule has 7 heteroatoms. The van der Waals surface area contributed by atoms with Gasteiger partial charge in [0.05, 0.1) is 13.7 Å². The number of rotatable bonds is 9. The maximum Gasteiger partial charge on any atom is 0.251 e. The monoisotopic (exact) mass is 538 g/mol. The molecule has 2 aromatic carbocycles. The highest BCUT2D eigenvalue weighted by Crippen LogP contribution is 2.26. The zero-order valence-corrected chi connectivity index (χ0v) is 21.4. The number of hydrogen-bond acceptors (Lipinski definition) is 3. The number of nitrogens with one attached hydrogen (secondary N) is 3. The molecule has 0 bridgehead atoms. The van der Waals surface area contributed by atoms with Crippen molar-refractivity contribution in [3.05, 3.63) is 65.2 Å². The minimum absolute atomic E-state index is 0. The molecular formula is C24H35IN4O2. The number of carbonyl (C=O) groups excluding carboxylic acids is 1. The molecule has 0 aliphatic carbocycles. The van der Waals surface area contributed by atoms with Gasteiger partial charge in [0.25, 0.3) is 5.91 Å². The number of hydrogen-bond donors (Lipinski definition) is 3. The van der Waals surface area contributed by atoms with Crippen LogP contribution in [-0.2, 0) is 11.8 Å².